The number of pyridine rings is 1. The second-order valence-corrected chi connectivity index (χ2v) is 13.0. The Bertz CT molecular complexity index is 1170. The monoisotopic (exact) mass is 566 g/mol. The van der Waals surface area contributed by atoms with Crippen molar-refractivity contribution in [3.05, 3.63) is 39.7 Å². The zero-order valence-corrected chi connectivity index (χ0v) is 23.7. The molecule has 0 unspecified atom stereocenters. The molecule has 2 aromatic rings. The highest BCUT2D eigenvalue weighted by atomic mass is 32.1. The molecular weight excluding hydrogens is 529 g/mol. The third kappa shape index (κ3) is 6.94. The molecule has 0 bridgehead atoms. The molecule has 1 N–H and O–H groups in total. The van der Waals surface area contributed by atoms with Crippen LogP contribution in [0.3, 0.4) is 0 Å². The van der Waals surface area contributed by atoms with Gasteiger partial charge < -0.3 is 14.7 Å². The van der Waals surface area contributed by atoms with E-state index in [4.69, 9.17) is 4.74 Å². The Balaban J connectivity index is 1.57. The molecule has 0 radical (unpaired) electrons. The van der Waals surface area contributed by atoms with Crippen molar-refractivity contribution in [2.45, 2.75) is 103 Å². The van der Waals surface area contributed by atoms with Crippen LogP contribution in [0.1, 0.15) is 99.3 Å². The zero-order chi connectivity index (χ0) is 28.5. The van der Waals surface area contributed by atoms with Gasteiger partial charge >= 0.3 is 12.1 Å². The van der Waals surface area contributed by atoms with Gasteiger partial charge in [-0.15, -0.1) is 11.3 Å². The molecule has 2 aromatic heterocycles. The quantitative estimate of drug-likeness (QED) is 0.387. The fourth-order valence-electron chi connectivity index (χ4n) is 5.51. The summed E-state index contributed by atoms with van der Waals surface area (Å²) in [6, 6.07) is 5.25. The topological polar surface area (TPSA) is 79.7 Å². The van der Waals surface area contributed by atoms with Crippen LogP contribution < -0.4 is 9.64 Å². The number of carboxylic acids is 1. The predicted molar refractivity (Wildman–Crippen MR) is 144 cm³/mol. The number of ether oxygens (including phenoxy) is 1. The number of carboxylic acid groups (broad SMARTS) is 1. The van der Waals surface area contributed by atoms with Gasteiger partial charge in [-0.25, -0.2) is 9.78 Å². The number of halogens is 3. The molecule has 6 nitrogen and oxygen atoms in total. The van der Waals surface area contributed by atoms with E-state index in [1.807, 2.05) is 26.8 Å². The number of rotatable bonds is 6. The van der Waals surface area contributed by atoms with Crippen molar-refractivity contribution in [1.29, 1.82) is 0 Å². The van der Waals surface area contributed by atoms with Gasteiger partial charge in [0.25, 0.3) is 0 Å². The smallest absolute Gasteiger partial charge is 0.433 e. The number of amides is 1. The molecule has 10 heteroatoms. The molecule has 2 saturated carbocycles. The Hall–Kier alpha value is -2.62. The number of anilines is 1. The van der Waals surface area contributed by atoms with Crippen molar-refractivity contribution < 1.29 is 32.6 Å². The fourth-order valence-corrected chi connectivity index (χ4v) is 6.56. The Labute approximate surface area is 231 Å². The van der Waals surface area contributed by atoms with Crippen LogP contribution in [0.2, 0.25) is 0 Å². The summed E-state index contributed by atoms with van der Waals surface area (Å²) in [5.41, 5.74) is -0.809. The summed E-state index contributed by atoms with van der Waals surface area (Å²) >= 11 is 1.22. The number of thiophene rings is 1. The van der Waals surface area contributed by atoms with E-state index in [1.165, 1.54) is 23.5 Å². The maximum absolute atomic E-state index is 14.0. The Morgan fingerprint density at radius 2 is 1.67 bits per heavy atom. The SMILES string of the molecule is CC(C)(C)c1cc(N(C(=O)[C@H]2CC[C@H](C)CC2)[C@H]2CC[C@H](Oc3cccc(C(F)(F)F)n3)CC2)c(C(=O)O)s1. The summed E-state index contributed by atoms with van der Waals surface area (Å²) in [6.07, 6.45) is 0.772. The molecule has 2 fully saturated rings. The van der Waals surface area contributed by atoms with Crippen LogP contribution in [0.25, 0.3) is 0 Å². The lowest BCUT2D eigenvalue weighted by Gasteiger charge is -2.39. The molecule has 2 aliphatic carbocycles. The van der Waals surface area contributed by atoms with E-state index in [2.05, 4.69) is 11.9 Å². The lowest BCUT2D eigenvalue weighted by molar-refractivity contribution is -0.141. The van der Waals surface area contributed by atoms with Crippen LogP contribution in [-0.4, -0.2) is 34.1 Å². The second-order valence-electron chi connectivity index (χ2n) is 12.0. The summed E-state index contributed by atoms with van der Waals surface area (Å²) in [5, 5.41) is 10.1. The highest BCUT2D eigenvalue weighted by Gasteiger charge is 2.39. The Morgan fingerprint density at radius 3 is 2.23 bits per heavy atom. The first-order valence-corrected chi connectivity index (χ1v) is 14.5. The first-order chi connectivity index (χ1) is 18.2. The molecule has 0 spiro atoms. The van der Waals surface area contributed by atoms with Crippen LogP contribution in [0.4, 0.5) is 18.9 Å². The van der Waals surface area contributed by atoms with Crippen molar-refractivity contribution in [2.75, 3.05) is 4.90 Å². The van der Waals surface area contributed by atoms with E-state index in [1.54, 1.807) is 4.90 Å². The number of carbonyl (C=O) groups is 2. The number of hydrogen-bond donors (Lipinski definition) is 1. The minimum Gasteiger partial charge on any atom is -0.477 e. The molecule has 2 heterocycles. The zero-order valence-electron chi connectivity index (χ0n) is 22.9. The molecule has 0 aliphatic heterocycles. The summed E-state index contributed by atoms with van der Waals surface area (Å²) in [7, 11) is 0. The molecule has 0 aromatic carbocycles. The maximum Gasteiger partial charge on any atom is 0.433 e. The normalized spacial score (nSPS) is 24.3. The van der Waals surface area contributed by atoms with Gasteiger partial charge in [0.2, 0.25) is 11.8 Å². The van der Waals surface area contributed by atoms with Crippen molar-refractivity contribution in [2.24, 2.45) is 11.8 Å². The van der Waals surface area contributed by atoms with Crippen LogP contribution in [-0.2, 0) is 16.4 Å². The van der Waals surface area contributed by atoms with E-state index in [0.29, 0.717) is 37.3 Å². The Kier molecular flexibility index (Phi) is 8.64. The molecule has 2 aliphatic rings. The summed E-state index contributed by atoms with van der Waals surface area (Å²) in [6.45, 7) is 8.25. The van der Waals surface area contributed by atoms with Gasteiger partial charge in [-0.05, 0) is 74.8 Å². The van der Waals surface area contributed by atoms with Gasteiger partial charge in [-0.3, -0.25) is 4.79 Å². The summed E-state index contributed by atoms with van der Waals surface area (Å²) < 4.78 is 45.0. The number of aromatic carboxylic acids is 1. The highest BCUT2D eigenvalue weighted by Crippen LogP contribution is 2.42. The van der Waals surface area contributed by atoms with Gasteiger partial charge in [0.1, 0.15) is 16.7 Å². The molecule has 1 amide bonds. The van der Waals surface area contributed by atoms with Gasteiger partial charge in [-0.1, -0.05) is 33.8 Å². The number of aromatic nitrogens is 1. The number of hydrogen-bond acceptors (Lipinski definition) is 5. The highest BCUT2D eigenvalue weighted by molar-refractivity contribution is 7.14. The van der Waals surface area contributed by atoms with Crippen LogP contribution in [0.5, 0.6) is 5.88 Å². The molecule has 0 atom stereocenters. The summed E-state index contributed by atoms with van der Waals surface area (Å²) in [4.78, 5) is 32.8. The van der Waals surface area contributed by atoms with Crippen LogP contribution in [0, 0.1) is 11.8 Å². The molecule has 0 saturated heterocycles. The van der Waals surface area contributed by atoms with Gasteiger partial charge in [0.15, 0.2) is 0 Å². The second kappa shape index (κ2) is 11.5. The first-order valence-electron chi connectivity index (χ1n) is 13.7. The van der Waals surface area contributed by atoms with Crippen molar-refractivity contribution in [3.63, 3.8) is 0 Å². The lowest BCUT2D eigenvalue weighted by atomic mass is 9.81. The molecular formula is C29H37F3N2O4S. The molecule has 214 valence electrons. The maximum atomic E-state index is 14.0. The van der Waals surface area contributed by atoms with E-state index in [9.17, 15) is 27.9 Å². The van der Waals surface area contributed by atoms with Crippen LogP contribution >= 0.6 is 11.3 Å². The van der Waals surface area contributed by atoms with Crippen molar-refractivity contribution in [1.82, 2.24) is 4.98 Å². The average molecular weight is 567 g/mol. The van der Waals surface area contributed by atoms with Crippen molar-refractivity contribution in [3.8, 4) is 5.88 Å². The Morgan fingerprint density at radius 1 is 1.03 bits per heavy atom. The van der Waals surface area contributed by atoms with E-state index in [0.717, 1.165) is 36.6 Å². The predicted octanol–water partition coefficient (Wildman–Crippen LogP) is 7.71. The lowest BCUT2D eigenvalue weighted by Crippen LogP contribution is -2.47. The van der Waals surface area contributed by atoms with Crippen molar-refractivity contribution >= 4 is 28.9 Å². The minimum atomic E-state index is -4.55. The van der Waals surface area contributed by atoms with Gasteiger partial charge in [0, 0.05) is 22.9 Å². The number of carbonyl (C=O) groups excluding carboxylic acids is 1. The first kappa shape index (κ1) is 29.4. The third-order valence-electron chi connectivity index (χ3n) is 7.82. The standard InChI is InChI=1S/C29H37F3N2O4S/c1-17-8-10-18(11-9-17)26(35)34(21-16-23(28(2,3)4)39-25(21)27(36)37)19-12-14-20(15-13-19)38-24-7-5-6-22(33-24)29(30,31)32/h5-7,16-20H,8-15H2,1-4H3,(H,36,37)/t17-,18-,19-,20-. The fraction of sp³-hybridized carbons (Fsp3) is 0.621. The van der Waals surface area contributed by atoms with E-state index >= 15 is 0 Å². The summed E-state index contributed by atoms with van der Waals surface area (Å²) in [5.74, 6) is -0.718. The number of alkyl halides is 3. The van der Waals surface area contributed by atoms with Gasteiger partial charge in [-0.2, -0.15) is 13.2 Å². The largest absolute Gasteiger partial charge is 0.477 e. The average Bonchev–Trinajstić information content (AvgIpc) is 3.31. The van der Waals surface area contributed by atoms with Crippen LogP contribution in [0.15, 0.2) is 24.3 Å². The molecule has 39 heavy (non-hydrogen) atoms. The third-order valence-corrected chi connectivity index (χ3v) is 9.36. The van der Waals surface area contributed by atoms with Gasteiger partial charge in [0.05, 0.1) is 5.69 Å². The van der Waals surface area contributed by atoms with E-state index in [-0.39, 0.29) is 40.1 Å². The molecule has 4 rings (SSSR count). The van der Waals surface area contributed by atoms with E-state index < -0.39 is 17.8 Å². The minimum absolute atomic E-state index is 0.0217. The number of nitrogens with zero attached hydrogens (tertiary/aromatic N) is 2.